The summed E-state index contributed by atoms with van der Waals surface area (Å²) in [6.45, 7) is 3.62. The average molecular weight is 312 g/mol. The van der Waals surface area contributed by atoms with E-state index < -0.39 is 0 Å². The number of aromatic nitrogens is 1. The first-order valence-corrected chi connectivity index (χ1v) is 7.99. The zero-order valence-electron chi connectivity index (χ0n) is 13.2. The number of fused-ring (bicyclic) bond motifs is 1. The van der Waals surface area contributed by atoms with Crippen molar-refractivity contribution >= 4 is 0 Å². The van der Waals surface area contributed by atoms with Crippen molar-refractivity contribution in [3.05, 3.63) is 36.0 Å². The van der Waals surface area contributed by atoms with Gasteiger partial charge in [-0.3, -0.25) is 9.88 Å². The highest BCUT2D eigenvalue weighted by Gasteiger charge is 2.19. The van der Waals surface area contributed by atoms with E-state index in [2.05, 4.69) is 16.0 Å². The number of pyridine rings is 1. The van der Waals surface area contributed by atoms with Crippen molar-refractivity contribution in [3.8, 4) is 28.5 Å². The molecule has 0 bridgehead atoms. The van der Waals surface area contributed by atoms with Crippen LogP contribution in [0.15, 0.2) is 30.5 Å². The van der Waals surface area contributed by atoms with Gasteiger partial charge in [0.25, 0.3) is 0 Å². The average Bonchev–Trinajstić information content (AvgIpc) is 3.25. The van der Waals surface area contributed by atoms with Gasteiger partial charge >= 0.3 is 0 Å². The number of methoxy groups -OCH3 is 1. The lowest BCUT2D eigenvalue weighted by atomic mass is 10.1. The summed E-state index contributed by atoms with van der Waals surface area (Å²) in [6, 6.07) is 7.98. The van der Waals surface area contributed by atoms with Crippen LogP contribution in [0.25, 0.3) is 11.3 Å². The Kier molecular flexibility index (Phi) is 3.79. The van der Waals surface area contributed by atoms with Gasteiger partial charge in [-0.1, -0.05) is 6.07 Å². The highest BCUT2D eigenvalue weighted by molar-refractivity contribution is 5.72. The van der Waals surface area contributed by atoms with E-state index in [1.807, 2.05) is 24.4 Å². The molecule has 4 rings (SSSR count). The number of likely N-dealkylation sites (tertiary alicyclic amines) is 1. The van der Waals surface area contributed by atoms with Crippen molar-refractivity contribution < 1.29 is 14.2 Å². The Labute approximate surface area is 135 Å². The van der Waals surface area contributed by atoms with Crippen LogP contribution in [-0.4, -0.2) is 36.9 Å². The minimum Gasteiger partial charge on any atom is -0.496 e. The van der Waals surface area contributed by atoms with E-state index >= 15 is 0 Å². The molecular formula is C18H20N2O3. The first-order chi connectivity index (χ1) is 11.3. The van der Waals surface area contributed by atoms with Crippen molar-refractivity contribution in [3.63, 3.8) is 0 Å². The molecule has 2 aliphatic heterocycles. The zero-order valence-corrected chi connectivity index (χ0v) is 13.2. The molecule has 3 heterocycles. The molecule has 0 spiro atoms. The first kappa shape index (κ1) is 14.3. The van der Waals surface area contributed by atoms with Gasteiger partial charge in [-0.25, -0.2) is 0 Å². The lowest BCUT2D eigenvalue weighted by molar-refractivity contribution is 0.174. The Morgan fingerprint density at radius 1 is 1.13 bits per heavy atom. The van der Waals surface area contributed by atoms with E-state index in [1.165, 1.54) is 31.5 Å². The van der Waals surface area contributed by atoms with E-state index in [-0.39, 0.29) is 6.79 Å². The van der Waals surface area contributed by atoms with Crippen LogP contribution in [0.2, 0.25) is 0 Å². The van der Waals surface area contributed by atoms with Gasteiger partial charge in [0.15, 0.2) is 11.5 Å². The van der Waals surface area contributed by atoms with Crippen molar-refractivity contribution in [2.75, 3.05) is 27.0 Å². The third-order valence-electron chi connectivity index (χ3n) is 4.40. The second kappa shape index (κ2) is 6.08. The van der Waals surface area contributed by atoms with Crippen molar-refractivity contribution in [1.29, 1.82) is 0 Å². The Hall–Kier alpha value is -2.27. The second-order valence-electron chi connectivity index (χ2n) is 5.94. The fourth-order valence-electron chi connectivity index (χ4n) is 3.17. The predicted octanol–water partition coefficient (Wildman–Crippen LogP) is 3.08. The second-order valence-corrected chi connectivity index (χ2v) is 5.94. The van der Waals surface area contributed by atoms with Crippen LogP contribution in [-0.2, 0) is 6.54 Å². The number of ether oxygens (including phenoxy) is 3. The van der Waals surface area contributed by atoms with E-state index in [0.717, 1.165) is 35.1 Å². The number of rotatable bonds is 4. The van der Waals surface area contributed by atoms with Gasteiger partial charge in [0.05, 0.1) is 12.8 Å². The molecule has 2 aromatic rings. The SMILES string of the molecule is COc1cc2c(cc1-c1ccc(CN3CCCC3)cn1)OCO2. The Morgan fingerprint density at radius 3 is 2.61 bits per heavy atom. The molecule has 0 aliphatic carbocycles. The van der Waals surface area contributed by atoms with Crippen LogP contribution in [0.1, 0.15) is 18.4 Å². The minimum absolute atomic E-state index is 0.254. The standard InChI is InChI=1S/C18H20N2O3/c1-21-16-9-18-17(22-12-23-18)8-14(16)15-5-4-13(10-19-15)11-20-6-2-3-7-20/h4-5,8-10H,2-3,6-7,11-12H2,1H3. The molecule has 0 amide bonds. The number of nitrogens with zero attached hydrogens (tertiary/aromatic N) is 2. The quantitative estimate of drug-likeness (QED) is 0.868. The number of hydrogen-bond donors (Lipinski definition) is 0. The number of benzene rings is 1. The monoisotopic (exact) mass is 312 g/mol. The van der Waals surface area contributed by atoms with Crippen LogP contribution in [0.3, 0.4) is 0 Å². The maximum absolute atomic E-state index is 5.48. The molecule has 120 valence electrons. The summed E-state index contributed by atoms with van der Waals surface area (Å²) >= 11 is 0. The summed E-state index contributed by atoms with van der Waals surface area (Å²) in [6.07, 6.45) is 4.57. The lowest BCUT2D eigenvalue weighted by Gasteiger charge is -2.14. The summed E-state index contributed by atoms with van der Waals surface area (Å²) in [7, 11) is 1.66. The van der Waals surface area contributed by atoms with Crippen molar-refractivity contribution in [2.45, 2.75) is 19.4 Å². The smallest absolute Gasteiger partial charge is 0.231 e. The zero-order chi connectivity index (χ0) is 15.6. The maximum atomic E-state index is 5.48. The van der Waals surface area contributed by atoms with Crippen LogP contribution in [0.4, 0.5) is 0 Å². The molecule has 23 heavy (non-hydrogen) atoms. The Balaban J connectivity index is 1.60. The van der Waals surface area contributed by atoms with Crippen LogP contribution < -0.4 is 14.2 Å². The first-order valence-electron chi connectivity index (χ1n) is 7.99. The fraction of sp³-hybridized carbons (Fsp3) is 0.389. The summed E-state index contributed by atoms with van der Waals surface area (Å²) < 4.78 is 16.3. The van der Waals surface area contributed by atoms with Crippen LogP contribution in [0, 0.1) is 0 Å². The molecule has 0 unspecified atom stereocenters. The molecule has 1 fully saturated rings. The third-order valence-corrected chi connectivity index (χ3v) is 4.40. The Bertz CT molecular complexity index is 694. The van der Waals surface area contributed by atoms with Gasteiger partial charge in [0, 0.05) is 24.4 Å². The van der Waals surface area contributed by atoms with Gasteiger partial charge in [-0.2, -0.15) is 0 Å². The predicted molar refractivity (Wildman–Crippen MR) is 86.9 cm³/mol. The molecule has 0 atom stereocenters. The van der Waals surface area contributed by atoms with E-state index in [9.17, 15) is 0 Å². The molecule has 1 saturated heterocycles. The molecule has 0 saturated carbocycles. The van der Waals surface area contributed by atoms with Gasteiger partial charge in [-0.15, -0.1) is 0 Å². The maximum Gasteiger partial charge on any atom is 0.231 e. The summed E-state index contributed by atoms with van der Waals surface area (Å²) in [5, 5.41) is 0. The van der Waals surface area contributed by atoms with Gasteiger partial charge in [0.1, 0.15) is 5.75 Å². The highest BCUT2D eigenvalue weighted by atomic mass is 16.7. The summed E-state index contributed by atoms with van der Waals surface area (Å²) in [5.74, 6) is 2.20. The molecule has 0 N–H and O–H groups in total. The van der Waals surface area contributed by atoms with E-state index in [0.29, 0.717) is 0 Å². The molecule has 2 aliphatic rings. The largest absolute Gasteiger partial charge is 0.496 e. The normalized spacial score (nSPS) is 16.7. The van der Waals surface area contributed by atoms with Crippen molar-refractivity contribution in [2.24, 2.45) is 0 Å². The van der Waals surface area contributed by atoms with Crippen molar-refractivity contribution in [1.82, 2.24) is 9.88 Å². The lowest BCUT2D eigenvalue weighted by Crippen LogP contribution is -2.18. The molecular weight excluding hydrogens is 292 g/mol. The summed E-state index contributed by atoms with van der Waals surface area (Å²) in [4.78, 5) is 7.09. The van der Waals surface area contributed by atoms with Gasteiger partial charge < -0.3 is 14.2 Å². The molecule has 5 heteroatoms. The van der Waals surface area contributed by atoms with Crippen LogP contribution in [0.5, 0.6) is 17.2 Å². The van der Waals surface area contributed by atoms with Gasteiger partial charge in [-0.05, 0) is 43.6 Å². The Morgan fingerprint density at radius 2 is 1.91 bits per heavy atom. The third kappa shape index (κ3) is 2.84. The summed E-state index contributed by atoms with van der Waals surface area (Å²) in [5.41, 5.74) is 3.05. The van der Waals surface area contributed by atoms with E-state index in [4.69, 9.17) is 14.2 Å². The van der Waals surface area contributed by atoms with Gasteiger partial charge in [0.2, 0.25) is 6.79 Å². The highest BCUT2D eigenvalue weighted by Crippen LogP contribution is 2.41. The molecule has 1 aromatic carbocycles. The fourth-order valence-corrected chi connectivity index (χ4v) is 3.17. The topological polar surface area (TPSA) is 43.8 Å². The van der Waals surface area contributed by atoms with Crippen LogP contribution >= 0.6 is 0 Å². The molecule has 1 aromatic heterocycles. The minimum atomic E-state index is 0.254. The van der Waals surface area contributed by atoms with E-state index in [1.54, 1.807) is 7.11 Å². The number of hydrogen-bond acceptors (Lipinski definition) is 5. The molecule has 5 nitrogen and oxygen atoms in total. The molecule has 0 radical (unpaired) electrons.